The molecule has 2 nitrogen and oxygen atoms in total. The van der Waals surface area contributed by atoms with Gasteiger partial charge in [-0.25, -0.2) is 0 Å². The van der Waals surface area contributed by atoms with Crippen molar-refractivity contribution in [1.82, 2.24) is 0 Å². The molecule has 0 amide bonds. The number of carbonyl (C=O) groups is 1. The molecule has 0 fully saturated rings. The molecule has 0 aromatic rings. The second-order valence-electron chi connectivity index (χ2n) is 6.10. The zero-order chi connectivity index (χ0) is 16.8. The number of hydrogen-bond donors (Lipinski definition) is 0. The van der Waals surface area contributed by atoms with Gasteiger partial charge in [-0.1, -0.05) is 0 Å². The molecule has 128 valence electrons. The molecule has 22 heavy (non-hydrogen) atoms. The van der Waals surface area contributed by atoms with Crippen molar-refractivity contribution in [3.63, 3.8) is 0 Å². The summed E-state index contributed by atoms with van der Waals surface area (Å²) in [6, 6.07) is 0. The Morgan fingerprint density at radius 2 is 1.45 bits per heavy atom. The molecule has 0 N–H and O–H groups in total. The van der Waals surface area contributed by atoms with Crippen LogP contribution in [0.2, 0.25) is 13.3 Å². The number of hydrogen-bond acceptors (Lipinski definition) is 2. The van der Waals surface area contributed by atoms with E-state index in [0.717, 1.165) is 5.57 Å². The van der Waals surface area contributed by atoms with E-state index in [1.54, 1.807) is 6.08 Å². The van der Waals surface area contributed by atoms with Crippen molar-refractivity contribution in [3.05, 3.63) is 21.8 Å². The molecule has 0 aliphatic carbocycles. The van der Waals surface area contributed by atoms with Crippen LogP contribution >= 0.6 is 22.6 Å². The summed E-state index contributed by atoms with van der Waals surface area (Å²) in [6.07, 6.45) is 10.9. The molecule has 0 aliphatic rings. The van der Waals surface area contributed by atoms with Crippen molar-refractivity contribution >= 4 is 47.4 Å². The van der Waals surface area contributed by atoms with Gasteiger partial charge in [0.15, 0.2) is 0 Å². The van der Waals surface area contributed by atoms with Crippen LogP contribution in [0.15, 0.2) is 21.8 Å². The van der Waals surface area contributed by atoms with Gasteiger partial charge < -0.3 is 0 Å². The molecule has 0 radical (unpaired) electrons. The number of allylic oxidation sites excluding steroid dienone is 2. The third-order valence-electron chi connectivity index (χ3n) is 3.95. The van der Waals surface area contributed by atoms with E-state index < -0.39 is 18.8 Å². The minimum atomic E-state index is -2.79. The Morgan fingerprint density at radius 3 is 1.82 bits per heavy atom. The molecule has 0 spiro atoms. The maximum atomic E-state index is 12.4. The average Bonchev–Trinajstić information content (AvgIpc) is 2.48. The molecule has 4 heteroatoms. The molecular formula is C18H33IO2Sn. The van der Waals surface area contributed by atoms with E-state index >= 15 is 0 Å². The van der Waals surface area contributed by atoms with Crippen molar-refractivity contribution in [2.75, 3.05) is 0 Å². The minimum absolute atomic E-state index is 0.0916. The van der Waals surface area contributed by atoms with Gasteiger partial charge in [0.25, 0.3) is 0 Å². The first-order valence-electron chi connectivity index (χ1n) is 8.71. The van der Waals surface area contributed by atoms with Crippen LogP contribution in [0.5, 0.6) is 0 Å². The summed E-state index contributed by atoms with van der Waals surface area (Å²) in [5.41, 5.74) is 0.973. The second-order valence-corrected chi connectivity index (χ2v) is 18.4. The maximum absolute atomic E-state index is 12.4. The third-order valence-corrected chi connectivity index (χ3v) is 16.9. The Balaban J connectivity index is 5.05. The first-order chi connectivity index (χ1) is 10.5. The standard InChI is InChI=1S/C6H7IO2.3C4H9.Sn/c1-5(2-3-7)4-6(8)9;3*1-3-4-2;/h2-4H,1H3,(H,8,9);3*1,3-4H2,2H3;/q;;;;+1/p-1/b3-2+,5-4-;;;;. The van der Waals surface area contributed by atoms with E-state index in [9.17, 15) is 4.79 Å². The van der Waals surface area contributed by atoms with Crippen LogP contribution in [0, 0.1) is 0 Å². The average molecular weight is 527 g/mol. The third kappa shape index (κ3) is 10.3. The molecule has 0 aromatic heterocycles. The first kappa shape index (κ1) is 22.5. The molecule has 0 aliphatic heterocycles. The number of unbranched alkanes of at least 4 members (excludes halogenated alkanes) is 3. The van der Waals surface area contributed by atoms with Crippen LogP contribution in [0.25, 0.3) is 0 Å². The normalized spacial score (nSPS) is 12.9. The van der Waals surface area contributed by atoms with Crippen LogP contribution in [-0.2, 0) is 7.87 Å². The van der Waals surface area contributed by atoms with Crippen molar-refractivity contribution in [2.45, 2.75) is 79.5 Å². The molecule has 0 aromatic carbocycles. The van der Waals surface area contributed by atoms with Gasteiger partial charge in [0.2, 0.25) is 0 Å². The van der Waals surface area contributed by atoms with Crippen LogP contribution in [0.3, 0.4) is 0 Å². The number of rotatable bonds is 12. The predicted molar refractivity (Wildman–Crippen MR) is 108 cm³/mol. The monoisotopic (exact) mass is 528 g/mol. The zero-order valence-electron chi connectivity index (χ0n) is 14.8. The quantitative estimate of drug-likeness (QED) is 0.121. The SMILES string of the molecule is CCC[CH2][Sn]([CH2]CCC)([CH2]CCC)[O]C(=O)/C=C(C)\C=C\I. The van der Waals surface area contributed by atoms with E-state index in [4.69, 9.17) is 3.07 Å². The van der Waals surface area contributed by atoms with Gasteiger partial charge >= 0.3 is 157 Å². The summed E-state index contributed by atoms with van der Waals surface area (Å²) in [4.78, 5) is 12.4. The number of halogens is 1. The van der Waals surface area contributed by atoms with Gasteiger partial charge in [0, 0.05) is 0 Å². The fourth-order valence-electron chi connectivity index (χ4n) is 2.60. The van der Waals surface area contributed by atoms with Crippen LogP contribution in [0.4, 0.5) is 0 Å². The molecule has 0 rings (SSSR count). The van der Waals surface area contributed by atoms with Crippen LogP contribution < -0.4 is 0 Å². The van der Waals surface area contributed by atoms with Gasteiger partial charge in [-0.3, -0.25) is 0 Å². The molecular weight excluding hydrogens is 494 g/mol. The summed E-state index contributed by atoms with van der Waals surface area (Å²) in [6.45, 7) is 8.64. The van der Waals surface area contributed by atoms with E-state index in [1.165, 1.54) is 51.8 Å². The topological polar surface area (TPSA) is 26.3 Å². The molecule has 0 unspecified atom stereocenters. The van der Waals surface area contributed by atoms with Gasteiger partial charge in [0.05, 0.1) is 0 Å². The van der Waals surface area contributed by atoms with Gasteiger partial charge in [-0.2, -0.15) is 0 Å². The molecule has 0 bridgehead atoms. The summed E-state index contributed by atoms with van der Waals surface area (Å²) in [5.74, 6) is -0.0916. The van der Waals surface area contributed by atoms with Crippen LogP contribution in [-0.4, -0.2) is 24.8 Å². The van der Waals surface area contributed by atoms with Crippen molar-refractivity contribution in [2.24, 2.45) is 0 Å². The van der Waals surface area contributed by atoms with Gasteiger partial charge in [0.1, 0.15) is 0 Å². The summed E-state index contributed by atoms with van der Waals surface area (Å²) >= 11 is -0.615. The summed E-state index contributed by atoms with van der Waals surface area (Å²) in [5, 5.41) is 0. The van der Waals surface area contributed by atoms with Crippen LogP contribution in [0.1, 0.15) is 66.2 Å². The zero-order valence-corrected chi connectivity index (χ0v) is 19.8. The predicted octanol–water partition coefficient (Wildman–Crippen LogP) is 6.77. The van der Waals surface area contributed by atoms with E-state index in [0.29, 0.717) is 0 Å². The Bertz CT molecular complexity index is 342. The molecule has 0 atom stereocenters. The fraction of sp³-hybridized carbons (Fsp3) is 0.722. The van der Waals surface area contributed by atoms with Crippen molar-refractivity contribution in [1.29, 1.82) is 0 Å². The van der Waals surface area contributed by atoms with Crippen molar-refractivity contribution in [3.8, 4) is 0 Å². The van der Waals surface area contributed by atoms with E-state index in [1.807, 2.05) is 17.1 Å². The van der Waals surface area contributed by atoms with Crippen molar-refractivity contribution < 1.29 is 7.87 Å². The summed E-state index contributed by atoms with van der Waals surface area (Å²) in [7, 11) is 0. The Labute approximate surface area is 155 Å². The fourth-order valence-corrected chi connectivity index (χ4v) is 16.1. The first-order valence-corrected chi connectivity index (χ1v) is 17.2. The Morgan fingerprint density at radius 1 is 1.00 bits per heavy atom. The van der Waals surface area contributed by atoms with Gasteiger partial charge in [-0.05, 0) is 0 Å². The van der Waals surface area contributed by atoms with E-state index in [-0.39, 0.29) is 5.97 Å². The van der Waals surface area contributed by atoms with Gasteiger partial charge in [-0.15, -0.1) is 0 Å². The molecule has 0 heterocycles. The Hall–Kier alpha value is 0.479. The molecule has 0 saturated heterocycles. The number of carbonyl (C=O) groups excluding carboxylic acids is 1. The van der Waals surface area contributed by atoms with E-state index in [2.05, 4.69) is 43.4 Å². The molecule has 0 saturated carbocycles. The second kappa shape index (κ2) is 13.9. The Kier molecular flexibility index (Phi) is 14.2. The summed E-state index contributed by atoms with van der Waals surface area (Å²) < 4.78 is 11.7.